The van der Waals surface area contributed by atoms with Gasteiger partial charge in [0.2, 0.25) is 5.88 Å². The first kappa shape index (κ1) is 15.6. The number of hydrogen-bond acceptors (Lipinski definition) is 4. The average Bonchev–Trinajstić information content (AvgIpc) is 2.46. The SMILES string of the molecule is O=C(NC1CCCNC1)c1cccnc1OCC(F)(F)F. The number of nitrogens with one attached hydrogen (secondary N) is 2. The molecule has 1 atom stereocenters. The number of amides is 1. The zero-order valence-electron chi connectivity index (χ0n) is 11.2. The molecule has 1 unspecified atom stereocenters. The molecule has 5 nitrogen and oxygen atoms in total. The van der Waals surface area contributed by atoms with E-state index in [1.807, 2.05) is 0 Å². The third-order valence-electron chi connectivity index (χ3n) is 3.02. The van der Waals surface area contributed by atoms with E-state index in [0.717, 1.165) is 19.4 Å². The number of halogens is 3. The van der Waals surface area contributed by atoms with Crippen molar-refractivity contribution in [1.82, 2.24) is 15.6 Å². The lowest BCUT2D eigenvalue weighted by Crippen LogP contribution is -2.45. The lowest BCUT2D eigenvalue weighted by Gasteiger charge is -2.24. The predicted octanol–water partition coefficient (Wildman–Crippen LogP) is 1.50. The van der Waals surface area contributed by atoms with Crippen molar-refractivity contribution in [3.63, 3.8) is 0 Å². The van der Waals surface area contributed by atoms with Gasteiger partial charge in [-0.05, 0) is 31.5 Å². The van der Waals surface area contributed by atoms with Crippen LogP contribution in [-0.2, 0) is 0 Å². The van der Waals surface area contributed by atoms with E-state index in [0.29, 0.717) is 6.54 Å². The fraction of sp³-hybridized carbons (Fsp3) is 0.538. The van der Waals surface area contributed by atoms with Gasteiger partial charge in [0.25, 0.3) is 5.91 Å². The zero-order chi connectivity index (χ0) is 15.3. The van der Waals surface area contributed by atoms with E-state index in [-0.39, 0.29) is 17.5 Å². The number of piperidine rings is 1. The highest BCUT2D eigenvalue weighted by Crippen LogP contribution is 2.20. The standard InChI is InChI=1S/C13H16F3N3O2/c14-13(15,16)8-21-12-10(4-2-6-18-12)11(20)19-9-3-1-5-17-7-9/h2,4,6,9,17H,1,3,5,7-8H2,(H,19,20). The molecule has 1 aliphatic rings. The van der Waals surface area contributed by atoms with E-state index in [9.17, 15) is 18.0 Å². The van der Waals surface area contributed by atoms with Crippen LogP contribution in [0, 0.1) is 0 Å². The Morgan fingerprint density at radius 2 is 2.33 bits per heavy atom. The maximum atomic E-state index is 12.2. The van der Waals surface area contributed by atoms with Crippen LogP contribution in [0.1, 0.15) is 23.2 Å². The highest BCUT2D eigenvalue weighted by Gasteiger charge is 2.30. The molecule has 1 saturated heterocycles. The number of ether oxygens (including phenoxy) is 1. The third kappa shape index (κ3) is 4.89. The van der Waals surface area contributed by atoms with Crippen LogP contribution < -0.4 is 15.4 Å². The number of carbonyl (C=O) groups excluding carboxylic acids is 1. The number of aromatic nitrogens is 1. The number of alkyl halides is 3. The summed E-state index contributed by atoms with van der Waals surface area (Å²) < 4.78 is 41.2. The summed E-state index contributed by atoms with van der Waals surface area (Å²) in [7, 11) is 0. The summed E-state index contributed by atoms with van der Waals surface area (Å²) in [6.07, 6.45) is -1.42. The Kier molecular flexibility index (Phi) is 5.00. The molecule has 0 aromatic carbocycles. The van der Waals surface area contributed by atoms with Gasteiger partial charge in [-0.25, -0.2) is 4.98 Å². The molecule has 0 spiro atoms. The van der Waals surface area contributed by atoms with Gasteiger partial charge in [-0.15, -0.1) is 0 Å². The van der Waals surface area contributed by atoms with Crippen molar-refractivity contribution in [2.24, 2.45) is 0 Å². The minimum Gasteiger partial charge on any atom is -0.467 e. The quantitative estimate of drug-likeness (QED) is 0.885. The molecule has 0 aliphatic carbocycles. The maximum Gasteiger partial charge on any atom is 0.422 e. The zero-order valence-corrected chi connectivity index (χ0v) is 11.2. The Labute approximate surface area is 119 Å². The van der Waals surface area contributed by atoms with Crippen LogP contribution in [0.25, 0.3) is 0 Å². The second-order valence-corrected chi connectivity index (χ2v) is 4.78. The van der Waals surface area contributed by atoms with E-state index in [4.69, 9.17) is 0 Å². The first-order valence-electron chi connectivity index (χ1n) is 6.62. The molecule has 21 heavy (non-hydrogen) atoms. The normalized spacial score (nSPS) is 19.1. The highest BCUT2D eigenvalue weighted by atomic mass is 19.4. The number of rotatable bonds is 4. The van der Waals surface area contributed by atoms with Gasteiger partial charge in [-0.1, -0.05) is 0 Å². The largest absolute Gasteiger partial charge is 0.467 e. The number of nitrogens with zero attached hydrogens (tertiary/aromatic N) is 1. The summed E-state index contributed by atoms with van der Waals surface area (Å²) in [5.74, 6) is -0.787. The second-order valence-electron chi connectivity index (χ2n) is 4.78. The second kappa shape index (κ2) is 6.75. The molecular weight excluding hydrogens is 287 g/mol. The number of hydrogen-bond donors (Lipinski definition) is 2. The molecule has 1 fully saturated rings. The molecule has 2 rings (SSSR count). The Morgan fingerprint density at radius 1 is 1.52 bits per heavy atom. The fourth-order valence-corrected chi connectivity index (χ4v) is 2.07. The first-order chi connectivity index (χ1) is 9.96. The number of pyridine rings is 1. The monoisotopic (exact) mass is 303 g/mol. The van der Waals surface area contributed by atoms with Crippen molar-refractivity contribution in [2.75, 3.05) is 19.7 Å². The Hall–Kier alpha value is -1.83. The van der Waals surface area contributed by atoms with Crippen molar-refractivity contribution in [2.45, 2.75) is 25.1 Å². The summed E-state index contributed by atoms with van der Waals surface area (Å²) in [5, 5.41) is 5.91. The van der Waals surface area contributed by atoms with Crippen molar-refractivity contribution >= 4 is 5.91 Å². The molecule has 1 aliphatic heterocycles. The molecule has 8 heteroatoms. The van der Waals surface area contributed by atoms with Crippen molar-refractivity contribution in [3.8, 4) is 5.88 Å². The minimum atomic E-state index is -4.47. The molecule has 1 aromatic rings. The van der Waals surface area contributed by atoms with E-state index < -0.39 is 18.7 Å². The molecular formula is C13H16F3N3O2. The molecule has 116 valence electrons. The van der Waals surface area contributed by atoms with Gasteiger partial charge in [0.15, 0.2) is 6.61 Å². The van der Waals surface area contributed by atoms with Crippen LogP contribution in [0.15, 0.2) is 18.3 Å². The molecule has 2 N–H and O–H groups in total. The summed E-state index contributed by atoms with van der Waals surface area (Å²) >= 11 is 0. The summed E-state index contributed by atoms with van der Waals surface area (Å²) in [6, 6.07) is 2.83. The van der Waals surface area contributed by atoms with E-state index in [1.54, 1.807) is 0 Å². The highest BCUT2D eigenvalue weighted by molar-refractivity contribution is 5.96. The molecule has 1 amide bonds. The minimum absolute atomic E-state index is 0.00678. The molecule has 0 saturated carbocycles. The molecule has 0 radical (unpaired) electrons. The summed E-state index contributed by atoms with van der Waals surface area (Å²) in [5.41, 5.74) is 0.00678. The van der Waals surface area contributed by atoms with Crippen LogP contribution in [0.4, 0.5) is 13.2 Å². The predicted molar refractivity (Wildman–Crippen MR) is 69.1 cm³/mol. The topological polar surface area (TPSA) is 63.2 Å². The maximum absolute atomic E-state index is 12.2. The van der Waals surface area contributed by atoms with Gasteiger partial charge in [0, 0.05) is 18.8 Å². The van der Waals surface area contributed by atoms with E-state index >= 15 is 0 Å². The van der Waals surface area contributed by atoms with Crippen molar-refractivity contribution in [3.05, 3.63) is 23.9 Å². The van der Waals surface area contributed by atoms with Gasteiger partial charge in [0.05, 0.1) is 0 Å². The van der Waals surface area contributed by atoms with Crippen LogP contribution >= 0.6 is 0 Å². The van der Waals surface area contributed by atoms with Gasteiger partial charge in [-0.2, -0.15) is 13.2 Å². The van der Waals surface area contributed by atoms with Gasteiger partial charge in [0.1, 0.15) is 5.56 Å². The van der Waals surface area contributed by atoms with Crippen LogP contribution in [0.5, 0.6) is 5.88 Å². The third-order valence-corrected chi connectivity index (χ3v) is 3.02. The Balaban J connectivity index is 2.02. The van der Waals surface area contributed by atoms with Crippen LogP contribution in [0.2, 0.25) is 0 Å². The molecule has 2 heterocycles. The van der Waals surface area contributed by atoms with Crippen molar-refractivity contribution in [1.29, 1.82) is 0 Å². The average molecular weight is 303 g/mol. The fourth-order valence-electron chi connectivity index (χ4n) is 2.07. The van der Waals surface area contributed by atoms with Crippen LogP contribution in [0.3, 0.4) is 0 Å². The van der Waals surface area contributed by atoms with Gasteiger partial charge in [-0.3, -0.25) is 4.79 Å². The first-order valence-corrected chi connectivity index (χ1v) is 6.62. The smallest absolute Gasteiger partial charge is 0.422 e. The Morgan fingerprint density at radius 3 is 3.00 bits per heavy atom. The summed E-state index contributed by atoms with van der Waals surface area (Å²) in [4.78, 5) is 15.8. The summed E-state index contributed by atoms with van der Waals surface area (Å²) in [6.45, 7) is 0.0687. The molecule has 0 bridgehead atoms. The van der Waals surface area contributed by atoms with E-state index in [2.05, 4.69) is 20.4 Å². The Bertz CT molecular complexity index is 488. The lowest BCUT2D eigenvalue weighted by molar-refractivity contribution is -0.154. The molecule has 1 aromatic heterocycles. The van der Waals surface area contributed by atoms with E-state index in [1.165, 1.54) is 18.3 Å². The van der Waals surface area contributed by atoms with Crippen LogP contribution in [-0.4, -0.2) is 42.8 Å². The number of carbonyl (C=O) groups is 1. The van der Waals surface area contributed by atoms with Crippen molar-refractivity contribution < 1.29 is 22.7 Å². The van der Waals surface area contributed by atoms with Gasteiger partial charge >= 0.3 is 6.18 Å². The lowest BCUT2D eigenvalue weighted by atomic mass is 10.1. The van der Waals surface area contributed by atoms with Gasteiger partial charge < -0.3 is 15.4 Å².